The third-order valence-corrected chi connectivity index (χ3v) is 3.93. The number of fused-ring (bicyclic) bond motifs is 1. The van der Waals surface area contributed by atoms with Crippen LogP contribution >= 0.6 is 11.6 Å². The highest BCUT2D eigenvalue weighted by atomic mass is 35.5. The van der Waals surface area contributed by atoms with Crippen LogP contribution in [0.2, 0.25) is 5.02 Å². The average Bonchev–Trinajstić information content (AvgIpc) is 2.37. The molecule has 0 aromatic carbocycles. The normalized spacial score (nSPS) is 22.1. The van der Waals surface area contributed by atoms with E-state index in [1.165, 1.54) is 4.40 Å². The molecule has 2 aromatic heterocycles. The van der Waals surface area contributed by atoms with Crippen molar-refractivity contribution in [2.75, 3.05) is 13.1 Å². The Labute approximate surface area is 134 Å². The number of halogens is 1. The molecule has 1 aliphatic rings. The number of hydrogen-bond acceptors (Lipinski definition) is 4. The summed E-state index contributed by atoms with van der Waals surface area (Å²) in [5, 5.41) is 0.521. The summed E-state index contributed by atoms with van der Waals surface area (Å²) in [6.45, 7) is 8.54. The first-order chi connectivity index (χ1) is 10.3. The fourth-order valence-corrected chi connectivity index (χ4v) is 3.30. The molecular formula is C16H20ClN3O2. The van der Waals surface area contributed by atoms with Gasteiger partial charge in [0.25, 0.3) is 5.56 Å². The van der Waals surface area contributed by atoms with Crippen LogP contribution in [0.3, 0.4) is 0 Å². The van der Waals surface area contributed by atoms with Gasteiger partial charge in [-0.05, 0) is 32.9 Å². The molecule has 118 valence electrons. The SMILES string of the molecule is C[C@H]1CN(Cc2cc(=O)n3cc(Cl)ccc3n2)CC(C)(C)O1. The van der Waals surface area contributed by atoms with Crippen LogP contribution in [-0.4, -0.2) is 39.1 Å². The number of nitrogens with zero attached hydrogens (tertiary/aromatic N) is 3. The van der Waals surface area contributed by atoms with Crippen LogP contribution in [0.5, 0.6) is 0 Å². The number of morpholine rings is 1. The van der Waals surface area contributed by atoms with E-state index in [9.17, 15) is 4.79 Å². The summed E-state index contributed by atoms with van der Waals surface area (Å²) in [4.78, 5) is 19.1. The lowest BCUT2D eigenvalue weighted by Gasteiger charge is -2.41. The second-order valence-corrected chi connectivity index (χ2v) is 6.96. The van der Waals surface area contributed by atoms with Crippen molar-refractivity contribution in [2.24, 2.45) is 0 Å². The molecule has 22 heavy (non-hydrogen) atoms. The topological polar surface area (TPSA) is 46.8 Å². The zero-order valence-corrected chi connectivity index (χ0v) is 13.8. The molecule has 5 nitrogen and oxygen atoms in total. The predicted molar refractivity (Wildman–Crippen MR) is 86.4 cm³/mol. The molecule has 0 radical (unpaired) electrons. The van der Waals surface area contributed by atoms with Crippen molar-refractivity contribution in [1.29, 1.82) is 0 Å². The highest BCUT2D eigenvalue weighted by Gasteiger charge is 2.31. The Morgan fingerprint density at radius 3 is 2.95 bits per heavy atom. The third-order valence-electron chi connectivity index (χ3n) is 3.70. The first kappa shape index (κ1) is 15.5. The third kappa shape index (κ3) is 3.32. The van der Waals surface area contributed by atoms with Gasteiger partial charge in [-0.3, -0.25) is 14.1 Å². The Balaban J connectivity index is 1.88. The summed E-state index contributed by atoms with van der Waals surface area (Å²) in [5.41, 5.74) is 1.10. The minimum absolute atomic E-state index is 0.108. The Hall–Kier alpha value is -1.43. The summed E-state index contributed by atoms with van der Waals surface area (Å²) in [6.07, 6.45) is 1.76. The minimum Gasteiger partial charge on any atom is -0.370 e. The summed E-state index contributed by atoms with van der Waals surface area (Å²) in [7, 11) is 0. The van der Waals surface area contributed by atoms with E-state index in [4.69, 9.17) is 16.3 Å². The summed E-state index contributed by atoms with van der Waals surface area (Å²) < 4.78 is 7.38. The highest BCUT2D eigenvalue weighted by Crippen LogP contribution is 2.21. The Bertz CT molecular complexity index is 757. The second-order valence-electron chi connectivity index (χ2n) is 6.52. The fraction of sp³-hybridized carbons (Fsp3) is 0.500. The summed E-state index contributed by atoms with van der Waals surface area (Å²) >= 11 is 5.92. The van der Waals surface area contributed by atoms with Gasteiger partial charge in [-0.15, -0.1) is 0 Å². The van der Waals surface area contributed by atoms with Crippen LogP contribution in [0.25, 0.3) is 5.65 Å². The van der Waals surface area contributed by atoms with Crippen LogP contribution in [0, 0.1) is 0 Å². The molecule has 0 amide bonds. The molecule has 3 rings (SSSR count). The average molecular weight is 322 g/mol. The van der Waals surface area contributed by atoms with Crippen molar-refractivity contribution in [1.82, 2.24) is 14.3 Å². The van der Waals surface area contributed by atoms with Crippen molar-refractivity contribution in [3.63, 3.8) is 0 Å². The van der Waals surface area contributed by atoms with E-state index >= 15 is 0 Å². The Morgan fingerprint density at radius 1 is 1.45 bits per heavy atom. The highest BCUT2D eigenvalue weighted by molar-refractivity contribution is 6.30. The monoisotopic (exact) mass is 321 g/mol. The first-order valence-corrected chi connectivity index (χ1v) is 7.78. The van der Waals surface area contributed by atoms with Crippen LogP contribution in [0.15, 0.2) is 29.2 Å². The second kappa shape index (κ2) is 5.65. The molecular weight excluding hydrogens is 302 g/mol. The quantitative estimate of drug-likeness (QED) is 0.852. The molecule has 2 aromatic rings. The van der Waals surface area contributed by atoms with Gasteiger partial charge in [0.05, 0.1) is 22.4 Å². The van der Waals surface area contributed by atoms with Gasteiger partial charge in [-0.2, -0.15) is 0 Å². The van der Waals surface area contributed by atoms with E-state index in [0.717, 1.165) is 18.8 Å². The lowest BCUT2D eigenvalue weighted by Crippen LogP contribution is -2.51. The van der Waals surface area contributed by atoms with Gasteiger partial charge in [0.15, 0.2) is 0 Å². The number of pyridine rings is 1. The minimum atomic E-state index is -0.183. The van der Waals surface area contributed by atoms with E-state index in [1.807, 2.05) is 0 Å². The van der Waals surface area contributed by atoms with E-state index < -0.39 is 0 Å². The van der Waals surface area contributed by atoms with E-state index in [0.29, 0.717) is 17.2 Å². The van der Waals surface area contributed by atoms with Crippen molar-refractivity contribution < 1.29 is 4.74 Å². The molecule has 0 aliphatic carbocycles. The van der Waals surface area contributed by atoms with Gasteiger partial charge in [-0.25, -0.2) is 4.98 Å². The van der Waals surface area contributed by atoms with Crippen molar-refractivity contribution in [2.45, 2.75) is 39.0 Å². The van der Waals surface area contributed by atoms with Gasteiger partial charge in [0, 0.05) is 31.9 Å². The summed E-state index contributed by atoms with van der Waals surface area (Å²) in [6, 6.07) is 5.09. The molecule has 1 fully saturated rings. The zero-order chi connectivity index (χ0) is 15.9. The molecule has 1 atom stereocenters. The number of ether oxygens (including phenoxy) is 1. The lowest BCUT2D eigenvalue weighted by atomic mass is 10.1. The molecule has 3 heterocycles. The molecule has 1 saturated heterocycles. The van der Waals surface area contributed by atoms with Gasteiger partial charge in [0.2, 0.25) is 0 Å². The smallest absolute Gasteiger partial charge is 0.258 e. The maximum absolute atomic E-state index is 12.2. The van der Waals surface area contributed by atoms with Gasteiger partial charge < -0.3 is 4.74 Å². The Kier molecular flexibility index (Phi) is 3.97. The largest absolute Gasteiger partial charge is 0.370 e. The lowest BCUT2D eigenvalue weighted by molar-refractivity contribution is -0.130. The molecule has 0 spiro atoms. The van der Waals surface area contributed by atoms with Crippen molar-refractivity contribution in [3.05, 3.63) is 45.5 Å². The van der Waals surface area contributed by atoms with Crippen LogP contribution in [0.1, 0.15) is 26.5 Å². The zero-order valence-electron chi connectivity index (χ0n) is 13.0. The predicted octanol–water partition coefficient (Wildman–Crippen LogP) is 2.35. The van der Waals surface area contributed by atoms with Crippen molar-refractivity contribution in [3.8, 4) is 0 Å². The molecule has 0 N–H and O–H groups in total. The van der Waals surface area contributed by atoms with E-state index in [-0.39, 0.29) is 17.3 Å². The van der Waals surface area contributed by atoms with Crippen molar-refractivity contribution >= 4 is 17.2 Å². The van der Waals surface area contributed by atoms with Gasteiger partial charge in [-0.1, -0.05) is 11.6 Å². The standard InChI is InChI=1S/C16H20ClN3O2/c1-11-7-19(10-16(2,3)22-11)9-13-6-15(21)20-8-12(17)4-5-14(20)18-13/h4-6,8,11H,7,9-10H2,1-3H3/t11-/m0/s1. The molecule has 0 saturated carbocycles. The molecule has 0 bridgehead atoms. The molecule has 1 aliphatic heterocycles. The van der Waals surface area contributed by atoms with Crippen LogP contribution in [-0.2, 0) is 11.3 Å². The number of aromatic nitrogens is 2. The molecule has 6 heteroatoms. The summed E-state index contributed by atoms with van der Waals surface area (Å²) in [5.74, 6) is 0. The van der Waals surface area contributed by atoms with E-state index in [1.54, 1.807) is 24.4 Å². The van der Waals surface area contributed by atoms with Crippen LogP contribution in [0.4, 0.5) is 0 Å². The molecule has 0 unspecified atom stereocenters. The number of rotatable bonds is 2. The van der Waals surface area contributed by atoms with Gasteiger partial charge >= 0.3 is 0 Å². The van der Waals surface area contributed by atoms with Crippen LogP contribution < -0.4 is 5.56 Å². The maximum Gasteiger partial charge on any atom is 0.258 e. The van der Waals surface area contributed by atoms with E-state index in [2.05, 4.69) is 30.7 Å². The fourth-order valence-electron chi connectivity index (χ4n) is 3.14. The first-order valence-electron chi connectivity index (χ1n) is 7.40. The van der Waals surface area contributed by atoms with Gasteiger partial charge in [0.1, 0.15) is 5.65 Å². The number of hydrogen-bond donors (Lipinski definition) is 0. The Morgan fingerprint density at radius 2 is 2.23 bits per heavy atom. The maximum atomic E-state index is 12.2.